The maximum absolute atomic E-state index is 12.3. The number of hydrogen-bond donors (Lipinski definition) is 1. The molecule has 3 heterocycles. The average molecular weight is 253 g/mol. The summed E-state index contributed by atoms with van der Waals surface area (Å²) in [6.07, 6.45) is 3.27. The van der Waals surface area contributed by atoms with Crippen LogP contribution in [0.15, 0.2) is 0 Å². The Labute approximate surface area is 108 Å². The van der Waals surface area contributed by atoms with Gasteiger partial charge in [-0.25, -0.2) is 0 Å². The molecule has 0 aromatic carbocycles. The van der Waals surface area contributed by atoms with Crippen LogP contribution in [0.5, 0.6) is 0 Å². The third kappa shape index (κ3) is 2.53. The zero-order valence-corrected chi connectivity index (χ0v) is 10.9. The molecule has 1 N–H and O–H groups in total. The van der Waals surface area contributed by atoms with Gasteiger partial charge >= 0.3 is 0 Å². The number of hydrogen-bond acceptors (Lipinski definition) is 4. The molecular formula is C13H23N3O2. The maximum Gasteiger partial charge on any atom is 0.239 e. The Balaban J connectivity index is 1.52. The molecule has 3 aliphatic heterocycles. The summed E-state index contributed by atoms with van der Waals surface area (Å²) >= 11 is 0. The number of carbonyl (C=O) groups is 1. The fourth-order valence-electron chi connectivity index (χ4n) is 3.30. The smallest absolute Gasteiger partial charge is 0.239 e. The van der Waals surface area contributed by atoms with E-state index in [1.807, 2.05) is 0 Å². The van der Waals surface area contributed by atoms with Crippen molar-refractivity contribution in [3.05, 3.63) is 0 Å². The van der Waals surface area contributed by atoms with E-state index in [4.69, 9.17) is 4.74 Å². The van der Waals surface area contributed by atoms with Crippen molar-refractivity contribution >= 4 is 5.91 Å². The summed E-state index contributed by atoms with van der Waals surface area (Å²) in [7, 11) is 0. The number of rotatable bonds is 2. The molecule has 3 rings (SSSR count). The van der Waals surface area contributed by atoms with Gasteiger partial charge in [0.1, 0.15) is 0 Å². The highest BCUT2D eigenvalue weighted by Crippen LogP contribution is 2.19. The summed E-state index contributed by atoms with van der Waals surface area (Å²) in [5.74, 6) is 0.322. The molecule has 0 aromatic heterocycles. The highest BCUT2D eigenvalue weighted by atomic mass is 16.5. The second-order valence-electron chi connectivity index (χ2n) is 5.52. The van der Waals surface area contributed by atoms with Crippen molar-refractivity contribution in [2.24, 2.45) is 0 Å². The van der Waals surface area contributed by atoms with E-state index < -0.39 is 0 Å². The molecule has 0 saturated carbocycles. The summed E-state index contributed by atoms with van der Waals surface area (Å²) in [6.45, 7) is 6.57. The summed E-state index contributed by atoms with van der Waals surface area (Å²) < 4.78 is 5.38. The first kappa shape index (κ1) is 12.4. The molecule has 0 aromatic rings. The van der Waals surface area contributed by atoms with Crippen LogP contribution in [-0.4, -0.2) is 73.7 Å². The maximum atomic E-state index is 12.3. The van der Waals surface area contributed by atoms with Gasteiger partial charge in [0.05, 0.1) is 19.3 Å². The van der Waals surface area contributed by atoms with Crippen molar-refractivity contribution in [2.75, 3.05) is 45.9 Å². The van der Waals surface area contributed by atoms with E-state index in [2.05, 4.69) is 15.1 Å². The third-order valence-electron chi connectivity index (χ3n) is 4.40. The first-order valence-electron chi connectivity index (χ1n) is 7.18. The lowest BCUT2D eigenvalue weighted by Crippen LogP contribution is -2.47. The summed E-state index contributed by atoms with van der Waals surface area (Å²) in [5, 5.41) is 3.30. The van der Waals surface area contributed by atoms with Crippen molar-refractivity contribution in [3.63, 3.8) is 0 Å². The molecule has 2 atom stereocenters. The molecule has 0 aliphatic carbocycles. The monoisotopic (exact) mass is 253 g/mol. The number of ether oxygens (including phenoxy) is 1. The lowest BCUT2D eigenvalue weighted by Gasteiger charge is -2.32. The largest absolute Gasteiger partial charge is 0.379 e. The van der Waals surface area contributed by atoms with Crippen molar-refractivity contribution in [3.8, 4) is 0 Å². The van der Waals surface area contributed by atoms with Crippen molar-refractivity contribution < 1.29 is 9.53 Å². The SMILES string of the molecule is O=C([C@H]1CCCN1)N1CCC(N2CCOCC2)C1. The number of amides is 1. The average Bonchev–Trinajstić information content (AvgIpc) is 3.10. The van der Waals surface area contributed by atoms with E-state index in [1.54, 1.807) is 0 Å². The summed E-state index contributed by atoms with van der Waals surface area (Å²) in [5.41, 5.74) is 0. The highest BCUT2D eigenvalue weighted by molar-refractivity contribution is 5.82. The van der Waals surface area contributed by atoms with Gasteiger partial charge in [-0.3, -0.25) is 9.69 Å². The van der Waals surface area contributed by atoms with Gasteiger partial charge < -0.3 is 15.0 Å². The molecule has 0 spiro atoms. The summed E-state index contributed by atoms with van der Waals surface area (Å²) in [4.78, 5) is 16.8. The van der Waals surface area contributed by atoms with E-state index in [1.165, 1.54) is 0 Å². The van der Waals surface area contributed by atoms with Gasteiger partial charge in [-0.1, -0.05) is 0 Å². The highest BCUT2D eigenvalue weighted by Gasteiger charge is 2.34. The van der Waals surface area contributed by atoms with E-state index in [9.17, 15) is 4.79 Å². The predicted molar refractivity (Wildman–Crippen MR) is 68.4 cm³/mol. The number of likely N-dealkylation sites (tertiary alicyclic amines) is 1. The number of nitrogens with zero attached hydrogens (tertiary/aromatic N) is 2. The minimum atomic E-state index is 0.0911. The molecule has 18 heavy (non-hydrogen) atoms. The number of nitrogens with one attached hydrogen (secondary N) is 1. The second-order valence-corrected chi connectivity index (χ2v) is 5.52. The number of morpholine rings is 1. The Morgan fingerprint density at radius 1 is 1.17 bits per heavy atom. The van der Waals surface area contributed by atoms with E-state index in [-0.39, 0.29) is 6.04 Å². The molecule has 3 saturated heterocycles. The molecule has 3 fully saturated rings. The van der Waals surface area contributed by atoms with E-state index >= 15 is 0 Å². The predicted octanol–water partition coefficient (Wildman–Crippen LogP) is -0.328. The zero-order chi connectivity index (χ0) is 12.4. The minimum absolute atomic E-state index is 0.0911. The van der Waals surface area contributed by atoms with Crippen LogP contribution in [0.1, 0.15) is 19.3 Å². The van der Waals surface area contributed by atoms with Crippen molar-refractivity contribution in [1.82, 2.24) is 15.1 Å². The van der Waals surface area contributed by atoms with Crippen LogP contribution in [0.25, 0.3) is 0 Å². The first-order chi connectivity index (χ1) is 8.84. The molecule has 1 unspecified atom stereocenters. The minimum Gasteiger partial charge on any atom is -0.379 e. The van der Waals surface area contributed by atoms with E-state index in [0.717, 1.165) is 65.2 Å². The molecule has 102 valence electrons. The van der Waals surface area contributed by atoms with Crippen LogP contribution in [0, 0.1) is 0 Å². The Bertz CT molecular complexity index is 299. The lowest BCUT2D eigenvalue weighted by atomic mass is 10.2. The van der Waals surface area contributed by atoms with Gasteiger partial charge in [-0.15, -0.1) is 0 Å². The standard InChI is InChI=1S/C13H23N3O2/c17-13(12-2-1-4-14-12)16-5-3-11(10-16)15-6-8-18-9-7-15/h11-12,14H,1-10H2/t11?,12-/m1/s1. The van der Waals surface area contributed by atoms with Crippen molar-refractivity contribution in [1.29, 1.82) is 0 Å². The molecular weight excluding hydrogens is 230 g/mol. The van der Waals surface area contributed by atoms with Crippen molar-refractivity contribution in [2.45, 2.75) is 31.3 Å². The van der Waals surface area contributed by atoms with Crippen LogP contribution in [0.3, 0.4) is 0 Å². The van der Waals surface area contributed by atoms with Crippen LogP contribution in [0.4, 0.5) is 0 Å². The van der Waals surface area contributed by atoms with E-state index in [0.29, 0.717) is 11.9 Å². The lowest BCUT2D eigenvalue weighted by molar-refractivity contribution is -0.132. The Morgan fingerprint density at radius 3 is 2.72 bits per heavy atom. The normalized spacial score (nSPS) is 34.1. The first-order valence-corrected chi connectivity index (χ1v) is 7.18. The Morgan fingerprint density at radius 2 is 2.00 bits per heavy atom. The molecule has 3 aliphatic rings. The van der Waals surface area contributed by atoms with Gasteiger partial charge in [0.15, 0.2) is 0 Å². The van der Waals surface area contributed by atoms with Gasteiger partial charge in [0.25, 0.3) is 0 Å². The topological polar surface area (TPSA) is 44.8 Å². The van der Waals surface area contributed by atoms with Gasteiger partial charge in [0.2, 0.25) is 5.91 Å². The molecule has 1 amide bonds. The quantitative estimate of drug-likeness (QED) is 0.732. The van der Waals surface area contributed by atoms with Gasteiger partial charge in [-0.2, -0.15) is 0 Å². The summed E-state index contributed by atoms with van der Waals surface area (Å²) in [6, 6.07) is 0.646. The van der Waals surface area contributed by atoms with Gasteiger partial charge in [0, 0.05) is 32.2 Å². The second kappa shape index (κ2) is 5.55. The molecule has 0 radical (unpaired) electrons. The van der Waals surface area contributed by atoms with Crippen LogP contribution in [-0.2, 0) is 9.53 Å². The van der Waals surface area contributed by atoms with Crippen LogP contribution < -0.4 is 5.32 Å². The molecule has 0 bridgehead atoms. The fraction of sp³-hybridized carbons (Fsp3) is 0.923. The third-order valence-corrected chi connectivity index (χ3v) is 4.40. The Kier molecular flexibility index (Phi) is 3.82. The van der Waals surface area contributed by atoms with Crippen LogP contribution >= 0.6 is 0 Å². The molecule has 5 heteroatoms. The molecule has 5 nitrogen and oxygen atoms in total. The Hall–Kier alpha value is -0.650. The van der Waals surface area contributed by atoms with Gasteiger partial charge in [-0.05, 0) is 25.8 Å². The zero-order valence-electron chi connectivity index (χ0n) is 10.9. The number of carbonyl (C=O) groups excluding carboxylic acids is 1. The van der Waals surface area contributed by atoms with Crippen LogP contribution in [0.2, 0.25) is 0 Å². The fourth-order valence-corrected chi connectivity index (χ4v) is 3.30.